The van der Waals surface area contributed by atoms with E-state index in [9.17, 15) is 12.8 Å². The predicted octanol–water partition coefficient (Wildman–Crippen LogP) is 1.61. The Morgan fingerprint density at radius 2 is 2.00 bits per heavy atom. The first-order valence-electron chi connectivity index (χ1n) is 9.77. The zero-order valence-corrected chi connectivity index (χ0v) is 16.9. The molecule has 4 rings (SSSR count). The van der Waals surface area contributed by atoms with Gasteiger partial charge in [0.25, 0.3) is 0 Å². The summed E-state index contributed by atoms with van der Waals surface area (Å²) in [6.45, 7) is 4.76. The third kappa shape index (κ3) is 5.11. The molecule has 7 nitrogen and oxygen atoms in total. The van der Waals surface area contributed by atoms with Crippen molar-refractivity contribution in [2.45, 2.75) is 23.9 Å². The van der Waals surface area contributed by atoms with Crippen LogP contribution in [0.1, 0.15) is 12.0 Å². The number of hydrogen-bond acceptors (Lipinski definition) is 6. The maximum absolute atomic E-state index is 13.3. The van der Waals surface area contributed by atoms with Gasteiger partial charge in [-0.05, 0) is 36.2 Å². The van der Waals surface area contributed by atoms with E-state index < -0.39 is 10.0 Å². The second-order valence-electron chi connectivity index (χ2n) is 7.42. The summed E-state index contributed by atoms with van der Waals surface area (Å²) in [5.41, 5.74) is 0.886. The number of pyridine rings is 1. The Morgan fingerprint density at radius 3 is 2.72 bits per heavy atom. The van der Waals surface area contributed by atoms with Crippen LogP contribution in [0.2, 0.25) is 0 Å². The predicted molar refractivity (Wildman–Crippen MR) is 108 cm³/mol. The van der Waals surface area contributed by atoms with Gasteiger partial charge < -0.3 is 9.64 Å². The van der Waals surface area contributed by atoms with Crippen LogP contribution in [0, 0.1) is 5.82 Å². The average Bonchev–Trinajstić information content (AvgIpc) is 3.15. The molecule has 29 heavy (non-hydrogen) atoms. The highest BCUT2D eigenvalue weighted by Crippen LogP contribution is 2.19. The van der Waals surface area contributed by atoms with Crippen LogP contribution in [0.3, 0.4) is 0 Å². The van der Waals surface area contributed by atoms with Crippen LogP contribution in [0.25, 0.3) is 0 Å². The molecule has 1 aromatic heterocycles. The minimum absolute atomic E-state index is 0.165. The molecule has 2 aliphatic rings. The number of hydrogen-bond donors (Lipinski definition) is 1. The van der Waals surface area contributed by atoms with Crippen LogP contribution in [0.15, 0.2) is 47.5 Å². The normalized spacial score (nSPS) is 20.9. The highest BCUT2D eigenvalue weighted by atomic mass is 32.2. The highest BCUT2D eigenvalue weighted by molar-refractivity contribution is 7.89. The standard InChI is InChI=1S/C20H25FN4O3S/c21-17-3-1-2-16(12-17)14-24-7-6-18(15-24)23-29(26,27)19-4-5-20(22-13-19)25-8-10-28-11-9-25/h1-5,12-13,18,23H,6-11,14-15H2. The van der Waals surface area contributed by atoms with E-state index in [0.717, 1.165) is 31.0 Å². The molecule has 1 aromatic carbocycles. The minimum atomic E-state index is -3.64. The second-order valence-corrected chi connectivity index (χ2v) is 9.14. The van der Waals surface area contributed by atoms with Gasteiger partial charge in [0.1, 0.15) is 16.5 Å². The third-order valence-corrected chi connectivity index (χ3v) is 6.76. The molecule has 2 aromatic rings. The topological polar surface area (TPSA) is 74.8 Å². The van der Waals surface area contributed by atoms with Gasteiger partial charge >= 0.3 is 0 Å². The van der Waals surface area contributed by atoms with Crippen molar-refractivity contribution in [3.63, 3.8) is 0 Å². The van der Waals surface area contributed by atoms with Gasteiger partial charge in [-0.25, -0.2) is 22.5 Å². The van der Waals surface area contributed by atoms with Crippen molar-refractivity contribution in [3.8, 4) is 0 Å². The second kappa shape index (κ2) is 8.74. The van der Waals surface area contributed by atoms with Crippen molar-refractivity contribution in [1.29, 1.82) is 0 Å². The van der Waals surface area contributed by atoms with Crippen LogP contribution < -0.4 is 9.62 Å². The lowest BCUT2D eigenvalue weighted by Crippen LogP contribution is -2.37. The fourth-order valence-electron chi connectivity index (χ4n) is 3.76. The molecule has 0 amide bonds. The maximum atomic E-state index is 13.3. The molecular formula is C20H25FN4O3S. The van der Waals surface area contributed by atoms with Crippen molar-refractivity contribution in [2.75, 3.05) is 44.3 Å². The van der Waals surface area contributed by atoms with E-state index in [1.807, 2.05) is 6.07 Å². The van der Waals surface area contributed by atoms with E-state index >= 15 is 0 Å². The molecule has 9 heteroatoms. The van der Waals surface area contributed by atoms with Crippen LogP contribution in [0.4, 0.5) is 10.2 Å². The van der Waals surface area contributed by atoms with E-state index in [1.165, 1.54) is 18.3 Å². The summed E-state index contributed by atoms with van der Waals surface area (Å²) in [4.78, 5) is 8.70. The Bertz CT molecular complexity index is 933. The number of anilines is 1. The van der Waals surface area contributed by atoms with Gasteiger partial charge in [-0.1, -0.05) is 12.1 Å². The number of rotatable bonds is 6. The third-order valence-electron chi connectivity index (χ3n) is 5.26. The molecule has 0 aliphatic carbocycles. The van der Waals surface area contributed by atoms with Crippen LogP contribution in [-0.2, 0) is 21.3 Å². The molecule has 2 saturated heterocycles. The number of ether oxygens (including phenoxy) is 1. The molecule has 3 heterocycles. The van der Waals surface area contributed by atoms with Gasteiger partial charge in [0.2, 0.25) is 10.0 Å². The summed E-state index contributed by atoms with van der Waals surface area (Å²) in [6.07, 6.45) is 2.13. The lowest BCUT2D eigenvalue weighted by molar-refractivity contribution is 0.122. The van der Waals surface area contributed by atoms with Gasteiger partial charge in [0, 0.05) is 45.0 Å². The first-order chi connectivity index (χ1) is 14.0. The summed E-state index contributed by atoms with van der Waals surface area (Å²) in [6, 6.07) is 9.66. The number of morpholine rings is 1. The van der Waals surface area contributed by atoms with Crippen molar-refractivity contribution in [2.24, 2.45) is 0 Å². The monoisotopic (exact) mass is 420 g/mol. The van der Waals surface area contributed by atoms with E-state index in [4.69, 9.17) is 4.74 Å². The first-order valence-corrected chi connectivity index (χ1v) is 11.3. The van der Waals surface area contributed by atoms with Crippen LogP contribution >= 0.6 is 0 Å². The molecule has 1 N–H and O–H groups in total. The van der Waals surface area contributed by atoms with Gasteiger partial charge in [0.05, 0.1) is 13.2 Å². The summed E-state index contributed by atoms with van der Waals surface area (Å²) < 4.78 is 46.9. The fraction of sp³-hybridized carbons (Fsp3) is 0.450. The lowest BCUT2D eigenvalue weighted by Gasteiger charge is -2.27. The minimum Gasteiger partial charge on any atom is -0.378 e. The molecule has 0 spiro atoms. The molecule has 2 fully saturated rings. The number of likely N-dealkylation sites (tertiary alicyclic amines) is 1. The van der Waals surface area contributed by atoms with Crippen molar-refractivity contribution < 1.29 is 17.5 Å². The average molecular weight is 421 g/mol. The van der Waals surface area contributed by atoms with Crippen molar-refractivity contribution >= 4 is 15.8 Å². The fourth-order valence-corrected chi connectivity index (χ4v) is 4.97. The van der Waals surface area contributed by atoms with E-state index in [-0.39, 0.29) is 16.8 Å². The molecule has 0 bridgehead atoms. The van der Waals surface area contributed by atoms with Crippen LogP contribution in [-0.4, -0.2) is 63.7 Å². The van der Waals surface area contributed by atoms with Gasteiger partial charge in [0.15, 0.2) is 0 Å². The highest BCUT2D eigenvalue weighted by Gasteiger charge is 2.27. The first kappa shape index (κ1) is 20.2. The largest absolute Gasteiger partial charge is 0.378 e. The summed E-state index contributed by atoms with van der Waals surface area (Å²) >= 11 is 0. The zero-order chi connectivity index (χ0) is 20.3. The van der Waals surface area contributed by atoms with Crippen molar-refractivity contribution in [1.82, 2.24) is 14.6 Å². The summed E-state index contributed by atoms with van der Waals surface area (Å²) in [5, 5.41) is 0. The number of halogens is 1. The van der Waals surface area contributed by atoms with Crippen molar-refractivity contribution in [3.05, 3.63) is 54.0 Å². The quantitative estimate of drug-likeness (QED) is 0.765. The number of benzene rings is 1. The smallest absolute Gasteiger partial charge is 0.242 e. The Kier molecular flexibility index (Phi) is 6.09. The van der Waals surface area contributed by atoms with E-state index in [1.54, 1.807) is 18.2 Å². The van der Waals surface area contributed by atoms with Gasteiger partial charge in [-0.15, -0.1) is 0 Å². The van der Waals surface area contributed by atoms with Gasteiger partial charge in [-0.3, -0.25) is 4.90 Å². The number of nitrogens with one attached hydrogen (secondary N) is 1. The summed E-state index contributed by atoms with van der Waals surface area (Å²) in [5.74, 6) is 0.501. The lowest BCUT2D eigenvalue weighted by atomic mass is 10.2. The van der Waals surface area contributed by atoms with E-state index in [0.29, 0.717) is 32.7 Å². The Morgan fingerprint density at radius 1 is 1.17 bits per heavy atom. The molecule has 0 saturated carbocycles. The SMILES string of the molecule is O=S(=O)(NC1CCN(Cc2cccc(F)c2)C1)c1ccc(N2CCOCC2)nc1. The molecular weight excluding hydrogens is 395 g/mol. The number of sulfonamides is 1. The Hall–Kier alpha value is -2.07. The maximum Gasteiger partial charge on any atom is 0.242 e. The van der Waals surface area contributed by atoms with Crippen LogP contribution in [0.5, 0.6) is 0 Å². The Balaban J connectivity index is 1.35. The molecule has 156 valence electrons. The Labute approximate surface area is 170 Å². The molecule has 0 radical (unpaired) electrons. The zero-order valence-electron chi connectivity index (χ0n) is 16.1. The molecule has 1 atom stereocenters. The number of nitrogens with zero attached hydrogens (tertiary/aromatic N) is 3. The molecule has 1 unspecified atom stereocenters. The van der Waals surface area contributed by atoms with E-state index in [2.05, 4.69) is 19.5 Å². The summed E-state index contributed by atoms with van der Waals surface area (Å²) in [7, 11) is -3.64. The molecule has 2 aliphatic heterocycles. The van der Waals surface area contributed by atoms with Gasteiger partial charge in [-0.2, -0.15) is 0 Å². The number of aromatic nitrogens is 1.